The van der Waals surface area contributed by atoms with E-state index in [9.17, 15) is 4.79 Å². The SMILES string of the molecule is O=C1CCN(O)C1O. The molecule has 0 aromatic carbocycles. The minimum atomic E-state index is -1.27. The van der Waals surface area contributed by atoms with Crippen molar-refractivity contribution in [3.63, 3.8) is 0 Å². The number of hydrogen-bond donors (Lipinski definition) is 2. The first-order valence-corrected chi connectivity index (χ1v) is 2.38. The van der Waals surface area contributed by atoms with Gasteiger partial charge < -0.3 is 10.3 Å². The summed E-state index contributed by atoms with van der Waals surface area (Å²) in [5.41, 5.74) is 0. The fourth-order valence-electron chi connectivity index (χ4n) is 0.642. The minimum absolute atomic E-state index is 0.248. The average molecular weight is 117 g/mol. The topological polar surface area (TPSA) is 60.8 Å². The Morgan fingerprint density at radius 2 is 2.38 bits per heavy atom. The van der Waals surface area contributed by atoms with Gasteiger partial charge in [0.15, 0.2) is 12.0 Å². The third kappa shape index (κ3) is 0.730. The van der Waals surface area contributed by atoms with Crippen molar-refractivity contribution in [1.82, 2.24) is 5.06 Å². The van der Waals surface area contributed by atoms with Crippen LogP contribution in [0.3, 0.4) is 0 Å². The lowest BCUT2D eigenvalue weighted by molar-refractivity contribution is -0.176. The van der Waals surface area contributed by atoms with Gasteiger partial charge in [0.1, 0.15) is 0 Å². The third-order valence-corrected chi connectivity index (χ3v) is 1.16. The summed E-state index contributed by atoms with van der Waals surface area (Å²) in [4.78, 5) is 10.3. The quantitative estimate of drug-likeness (QED) is 0.426. The smallest absolute Gasteiger partial charge is 0.188 e. The molecule has 0 spiro atoms. The first-order chi connectivity index (χ1) is 3.72. The van der Waals surface area contributed by atoms with Crippen molar-refractivity contribution in [3.05, 3.63) is 0 Å². The molecule has 1 aliphatic rings. The summed E-state index contributed by atoms with van der Waals surface area (Å²) in [6, 6.07) is 0. The largest absolute Gasteiger partial charge is 0.370 e. The zero-order valence-electron chi connectivity index (χ0n) is 4.24. The molecule has 0 radical (unpaired) electrons. The summed E-state index contributed by atoms with van der Waals surface area (Å²) in [6.45, 7) is 0.250. The number of nitrogens with zero attached hydrogens (tertiary/aromatic N) is 1. The molecule has 0 aromatic heterocycles. The maximum Gasteiger partial charge on any atom is 0.188 e. The highest BCUT2D eigenvalue weighted by atomic mass is 16.5. The van der Waals surface area contributed by atoms with Gasteiger partial charge in [-0.2, -0.15) is 5.06 Å². The Morgan fingerprint density at radius 1 is 1.75 bits per heavy atom. The maximum atomic E-state index is 10.3. The summed E-state index contributed by atoms with van der Waals surface area (Å²) in [7, 11) is 0. The van der Waals surface area contributed by atoms with E-state index in [4.69, 9.17) is 10.3 Å². The number of hydroxylamine groups is 2. The van der Waals surface area contributed by atoms with Gasteiger partial charge in [-0.05, 0) is 0 Å². The van der Waals surface area contributed by atoms with Gasteiger partial charge in [-0.3, -0.25) is 4.79 Å². The van der Waals surface area contributed by atoms with Gasteiger partial charge in [-0.15, -0.1) is 0 Å². The van der Waals surface area contributed by atoms with Crippen molar-refractivity contribution in [2.24, 2.45) is 0 Å². The van der Waals surface area contributed by atoms with Crippen molar-refractivity contribution in [2.45, 2.75) is 12.6 Å². The van der Waals surface area contributed by atoms with Crippen LogP contribution in [-0.4, -0.2) is 33.9 Å². The van der Waals surface area contributed by atoms with E-state index in [0.29, 0.717) is 5.06 Å². The van der Waals surface area contributed by atoms with Crippen LogP contribution in [-0.2, 0) is 4.79 Å². The Morgan fingerprint density at radius 3 is 2.50 bits per heavy atom. The molecule has 1 saturated heterocycles. The molecule has 8 heavy (non-hydrogen) atoms. The molecule has 1 unspecified atom stereocenters. The van der Waals surface area contributed by atoms with Crippen molar-refractivity contribution in [1.29, 1.82) is 0 Å². The highest BCUT2D eigenvalue weighted by Crippen LogP contribution is 2.06. The monoisotopic (exact) mass is 117 g/mol. The van der Waals surface area contributed by atoms with E-state index in [1.165, 1.54) is 0 Å². The predicted molar refractivity (Wildman–Crippen MR) is 24.1 cm³/mol. The number of carbonyl (C=O) groups is 1. The van der Waals surface area contributed by atoms with Crippen molar-refractivity contribution < 1.29 is 15.1 Å². The minimum Gasteiger partial charge on any atom is -0.370 e. The molecule has 0 amide bonds. The van der Waals surface area contributed by atoms with E-state index >= 15 is 0 Å². The second-order valence-corrected chi connectivity index (χ2v) is 1.75. The standard InChI is InChI=1S/C4H7NO3/c6-3-1-2-5(8)4(3)7/h4,7-8H,1-2H2. The highest BCUT2D eigenvalue weighted by Gasteiger charge is 2.28. The Bertz CT molecular complexity index is 114. The molecule has 0 aromatic rings. The van der Waals surface area contributed by atoms with E-state index in [0.717, 1.165) is 0 Å². The number of rotatable bonds is 0. The first kappa shape index (κ1) is 5.68. The highest BCUT2D eigenvalue weighted by molar-refractivity contribution is 5.84. The molecule has 1 atom stereocenters. The normalized spacial score (nSPS) is 31.8. The molecule has 1 fully saturated rings. The molecule has 0 saturated carbocycles. The van der Waals surface area contributed by atoms with Crippen LogP contribution in [0.25, 0.3) is 0 Å². The van der Waals surface area contributed by atoms with E-state index < -0.39 is 6.23 Å². The van der Waals surface area contributed by atoms with Crippen LogP contribution in [0.1, 0.15) is 6.42 Å². The van der Waals surface area contributed by atoms with E-state index in [-0.39, 0.29) is 18.7 Å². The third-order valence-electron chi connectivity index (χ3n) is 1.16. The lowest BCUT2D eigenvalue weighted by atomic mass is 10.3. The molecule has 2 N–H and O–H groups in total. The molecule has 0 bridgehead atoms. The lowest BCUT2D eigenvalue weighted by Gasteiger charge is -2.07. The summed E-state index contributed by atoms with van der Waals surface area (Å²) >= 11 is 0. The van der Waals surface area contributed by atoms with Gasteiger partial charge in [-0.25, -0.2) is 0 Å². The van der Waals surface area contributed by atoms with E-state index in [1.54, 1.807) is 0 Å². The Kier molecular flexibility index (Phi) is 1.29. The first-order valence-electron chi connectivity index (χ1n) is 2.38. The number of aliphatic hydroxyl groups is 1. The average Bonchev–Trinajstić information content (AvgIpc) is 1.98. The molecule has 1 aliphatic heterocycles. The van der Waals surface area contributed by atoms with Gasteiger partial charge in [0.2, 0.25) is 0 Å². The van der Waals surface area contributed by atoms with Gasteiger partial charge in [0, 0.05) is 13.0 Å². The number of carbonyl (C=O) groups excluding carboxylic acids is 1. The Labute approximate surface area is 46.3 Å². The number of aliphatic hydroxyl groups excluding tert-OH is 1. The molecule has 4 nitrogen and oxygen atoms in total. The van der Waals surface area contributed by atoms with Gasteiger partial charge in [0.05, 0.1) is 0 Å². The summed E-state index contributed by atoms with van der Waals surface area (Å²) in [6.07, 6.45) is -1.02. The molecule has 0 aliphatic carbocycles. The molecule has 1 rings (SSSR count). The summed E-state index contributed by atoms with van der Waals surface area (Å²) < 4.78 is 0. The fourth-order valence-corrected chi connectivity index (χ4v) is 0.642. The number of Topliss-reactive ketones (excluding diaryl/α,β-unsaturated/α-hetero) is 1. The van der Waals surface area contributed by atoms with Crippen LogP contribution >= 0.6 is 0 Å². The van der Waals surface area contributed by atoms with E-state index in [2.05, 4.69) is 0 Å². The van der Waals surface area contributed by atoms with E-state index in [1.807, 2.05) is 0 Å². The molecule has 46 valence electrons. The fraction of sp³-hybridized carbons (Fsp3) is 0.750. The van der Waals surface area contributed by atoms with Gasteiger partial charge in [-0.1, -0.05) is 0 Å². The zero-order chi connectivity index (χ0) is 6.15. The molecular formula is C4H7NO3. The summed E-state index contributed by atoms with van der Waals surface area (Å²) in [5, 5.41) is 17.8. The second kappa shape index (κ2) is 1.81. The van der Waals surface area contributed by atoms with Crippen molar-refractivity contribution in [3.8, 4) is 0 Å². The van der Waals surface area contributed by atoms with Crippen molar-refractivity contribution in [2.75, 3.05) is 6.54 Å². The molecule has 4 heteroatoms. The Balaban J connectivity index is 2.56. The van der Waals surface area contributed by atoms with Crippen LogP contribution in [0.15, 0.2) is 0 Å². The second-order valence-electron chi connectivity index (χ2n) is 1.75. The Hall–Kier alpha value is -0.450. The van der Waals surface area contributed by atoms with Crippen LogP contribution in [0.5, 0.6) is 0 Å². The maximum absolute atomic E-state index is 10.3. The van der Waals surface area contributed by atoms with Gasteiger partial charge >= 0.3 is 0 Å². The summed E-state index contributed by atoms with van der Waals surface area (Å²) in [5.74, 6) is -0.312. The zero-order valence-corrected chi connectivity index (χ0v) is 4.24. The van der Waals surface area contributed by atoms with Crippen molar-refractivity contribution >= 4 is 5.78 Å². The molecule has 1 heterocycles. The molecular weight excluding hydrogens is 110 g/mol. The number of hydrogen-bond acceptors (Lipinski definition) is 4. The lowest BCUT2D eigenvalue weighted by Crippen LogP contribution is -2.29. The van der Waals surface area contributed by atoms with Crippen LogP contribution in [0.2, 0.25) is 0 Å². The van der Waals surface area contributed by atoms with Crippen LogP contribution in [0.4, 0.5) is 0 Å². The predicted octanol–water partition coefficient (Wildman–Crippen LogP) is -1.03. The number of ketones is 1. The van der Waals surface area contributed by atoms with Crippen LogP contribution in [0, 0.1) is 0 Å². The van der Waals surface area contributed by atoms with Gasteiger partial charge in [0.25, 0.3) is 0 Å². The van der Waals surface area contributed by atoms with Crippen LogP contribution < -0.4 is 0 Å².